The number of aromatic nitrogens is 2. The minimum Gasteiger partial charge on any atom is -0.407 e. The number of hydrogen-bond donors (Lipinski definition) is 3. The van der Waals surface area contributed by atoms with Gasteiger partial charge in [0.05, 0.1) is 6.61 Å². The predicted molar refractivity (Wildman–Crippen MR) is 123 cm³/mol. The number of nitrogens with zero attached hydrogens (tertiary/aromatic N) is 3. The fourth-order valence-electron chi connectivity index (χ4n) is 3.26. The number of carbonyl (C=O) groups is 1. The first-order valence-electron chi connectivity index (χ1n) is 10.7. The molecule has 3 N–H and O–H groups in total. The fourth-order valence-corrected chi connectivity index (χ4v) is 4.55. The van der Waals surface area contributed by atoms with E-state index in [1.807, 2.05) is 33.9 Å². The largest absolute Gasteiger partial charge is 0.407 e. The molecule has 1 aliphatic heterocycles. The van der Waals surface area contributed by atoms with E-state index in [4.69, 9.17) is 9.16 Å². The van der Waals surface area contributed by atoms with Gasteiger partial charge in [-0.1, -0.05) is 39.0 Å². The molecule has 0 saturated carbocycles. The summed E-state index contributed by atoms with van der Waals surface area (Å²) in [6.07, 6.45) is -2.74. The Morgan fingerprint density at radius 3 is 2.42 bits per heavy atom. The summed E-state index contributed by atoms with van der Waals surface area (Å²) in [7, 11) is -2.38. The minimum atomic E-state index is -2.38. The van der Waals surface area contributed by atoms with E-state index >= 15 is 0 Å². The Morgan fingerprint density at radius 2 is 1.88 bits per heavy atom. The van der Waals surface area contributed by atoms with Gasteiger partial charge in [-0.25, -0.2) is 4.79 Å². The highest BCUT2D eigenvalue weighted by atomic mass is 28.4. The second-order valence-electron chi connectivity index (χ2n) is 9.54. The first-order chi connectivity index (χ1) is 15.4. The molecular weight excluding hydrogens is 446 g/mol. The third kappa shape index (κ3) is 5.08. The number of rotatable bonds is 6. The maximum atomic E-state index is 12.8. The standard InChI is InChI=1S/C22H31N3O7Si/c1-22(2,3)33(4,5)32-18-17(27)15(13-26)31-20(18)24-12-11-16(23-21(24)29)25(30)19(28)14-9-7-6-8-10-14/h6-12,15,17-18,20,26-27,30H,13H2,1-5H3/t15-,17-,18-,20-/m1/s1. The summed E-state index contributed by atoms with van der Waals surface area (Å²) in [6.45, 7) is 9.69. The molecule has 1 aromatic heterocycles. The van der Waals surface area contributed by atoms with Gasteiger partial charge < -0.3 is 19.4 Å². The number of hydroxylamine groups is 1. The van der Waals surface area contributed by atoms with Crippen LogP contribution in [0, 0.1) is 0 Å². The molecule has 0 bridgehead atoms. The third-order valence-corrected chi connectivity index (χ3v) is 10.7. The van der Waals surface area contributed by atoms with Gasteiger partial charge in [0.1, 0.15) is 18.3 Å². The summed E-state index contributed by atoms with van der Waals surface area (Å²) >= 11 is 0. The molecule has 1 aliphatic rings. The van der Waals surface area contributed by atoms with Crippen molar-refractivity contribution in [2.24, 2.45) is 0 Å². The zero-order chi connectivity index (χ0) is 24.6. The molecule has 1 aromatic carbocycles. The van der Waals surface area contributed by atoms with Crippen LogP contribution in [0.25, 0.3) is 0 Å². The first-order valence-corrected chi connectivity index (χ1v) is 13.6. The van der Waals surface area contributed by atoms with Crippen molar-refractivity contribution < 1.29 is 29.4 Å². The number of hydrogen-bond acceptors (Lipinski definition) is 8. The van der Waals surface area contributed by atoms with Gasteiger partial charge in [-0.05, 0) is 30.3 Å². The van der Waals surface area contributed by atoms with Crippen LogP contribution >= 0.6 is 0 Å². The van der Waals surface area contributed by atoms with Crippen molar-refractivity contribution in [2.75, 3.05) is 11.7 Å². The van der Waals surface area contributed by atoms with Crippen molar-refractivity contribution >= 4 is 20.0 Å². The average molecular weight is 478 g/mol. The van der Waals surface area contributed by atoms with Crippen molar-refractivity contribution in [3.8, 4) is 0 Å². The molecular formula is C22H31N3O7Si. The molecule has 2 heterocycles. The molecule has 0 spiro atoms. The summed E-state index contributed by atoms with van der Waals surface area (Å²) in [6, 6.07) is 9.37. The Kier molecular flexibility index (Phi) is 7.22. The van der Waals surface area contributed by atoms with Crippen LogP contribution in [0.3, 0.4) is 0 Å². The van der Waals surface area contributed by atoms with E-state index in [9.17, 15) is 25.0 Å². The number of amides is 1. The highest BCUT2D eigenvalue weighted by Gasteiger charge is 2.50. The minimum absolute atomic E-state index is 0.170. The molecule has 33 heavy (non-hydrogen) atoms. The second-order valence-corrected chi connectivity index (χ2v) is 14.3. The number of anilines is 1. The van der Waals surface area contributed by atoms with Crippen molar-refractivity contribution in [1.82, 2.24) is 9.55 Å². The van der Waals surface area contributed by atoms with Gasteiger partial charge in [-0.2, -0.15) is 10.0 Å². The molecule has 3 rings (SSSR count). The fraction of sp³-hybridized carbons (Fsp3) is 0.500. The number of benzene rings is 1. The smallest absolute Gasteiger partial charge is 0.351 e. The highest BCUT2D eigenvalue weighted by molar-refractivity contribution is 6.74. The molecule has 10 nitrogen and oxygen atoms in total. The SMILES string of the molecule is CC(C)(C)[Si](C)(C)O[C@@H]1[C@H](O)[C@@H](CO)O[C@H]1n1ccc(N(O)C(=O)c2ccccc2)nc1=O. The molecule has 180 valence electrons. The van der Waals surface area contributed by atoms with Crippen LogP contribution in [0.1, 0.15) is 37.4 Å². The molecule has 0 radical (unpaired) electrons. The number of aliphatic hydroxyl groups excluding tert-OH is 2. The van der Waals surface area contributed by atoms with Crippen LogP contribution in [-0.4, -0.2) is 64.1 Å². The van der Waals surface area contributed by atoms with E-state index in [2.05, 4.69) is 4.98 Å². The lowest BCUT2D eigenvalue weighted by atomic mass is 10.1. The molecule has 11 heteroatoms. The average Bonchev–Trinajstić information content (AvgIpc) is 3.07. The van der Waals surface area contributed by atoms with Crippen molar-refractivity contribution in [3.63, 3.8) is 0 Å². The van der Waals surface area contributed by atoms with E-state index in [0.717, 1.165) is 4.57 Å². The Labute approximate surface area is 193 Å². The van der Waals surface area contributed by atoms with Gasteiger partial charge in [-0.15, -0.1) is 0 Å². The number of carbonyl (C=O) groups excluding carboxylic acids is 1. The summed E-state index contributed by atoms with van der Waals surface area (Å²) in [5.41, 5.74) is -0.589. The number of ether oxygens (including phenoxy) is 1. The molecule has 2 aromatic rings. The molecule has 0 unspecified atom stereocenters. The Balaban J connectivity index is 1.90. The Hall–Kier alpha value is -2.41. The van der Waals surface area contributed by atoms with E-state index in [0.29, 0.717) is 5.06 Å². The molecule has 4 atom stereocenters. The van der Waals surface area contributed by atoms with E-state index in [1.54, 1.807) is 18.2 Å². The molecule has 1 amide bonds. The summed E-state index contributed by atoms with van der Waals surface area (Å²) < 4.78 is 13.2. The Morgan fingerprint density at radius 1 is 1.24 bits per heavy atom. The van der Waals surface area contributed by atoms with Gasteiger partial charge in [0, 0.05) is 17.8 Å². The zero-order valence-electron chi connectivity index (χ0n) is 19.4. The summed E-state index contributed by atoms with van der Waals surface area (Å²) in [5.74, 6) is -1.00. The van der Waals surface area contributed by atoms with Crippen LogP contribution in [0.15, 0.2) is 47.4 Å². The van der Waals surface area contributed by atoms with Crippen molar-refractivity contribution in [3.05, 3.63) is 58.6 Å². The lowest BCUT2D eigenvalue weighted by molar-refractivity contribution is -0.0534. The lowest BCUT2D eigenvalue weighted by Gasteiger charge is -2.40. The lowest BCUT2D eigenvalue weighted by Crippen LogP contribution is -2.49. The normalized spacial score (nSPS) is 23.5. The van der Waals surface area contributed by atoms with Crippen LogP contribution in [-0.2, 0) is 9.16 Å². The summed E-state index contributed by atoms with van der Waals surface area (Å²) in [5, 5.41) is 30.8. The van der Waals surface area contributed by atoms with Crippen LogP contribution < -0.4 is 10.8 Å². The molecule has 1 fully saturated rings. The van der Waals surface area contributed by atoms with E-state index in [1.165, 1.54) is 24.4 Å². The van der Waals surface area contributed by atoms with Gasteiger partial charge in [0.2, 0.25) is 0 Å². The van der Waals surface area contributed by atoms with Crippen LogP contribution in [0.2, 0.25) is 18.1 Å². The number of aliphatic hydroxyl groups is 2. The molecule has 0 aliphatic carbocycles. The van der Waals surface area contributed by atoms with Crippen LogP contribution in [0.5, 0.6) is 0 Å². The molecule has 1 saturated heterocycles. The van der Waals surface area contributed by atoms with Crippen molar-refractivity contribution in [1.29, 1.82) is 0 Å². The van der Waals surface area contributed by atoms with Gasteiger partial charge in [0.25, 0.3) is 5.91 Å². The highest BCUT2D eigenvalue weighted by Crippen LogP contribution is 2.41. The van der Waals surface area contributed by atoms with E-state index in [-0.39, 0.29) is 16.4 Å². The maximum absolute atomic E-state index is 12.8. The zero-order valence-corrected chi connectivity index (χ0v) is 20.4. The Bertz CT molecular complexity index is 1040. The van der Waals surface area contributed by atoms with Gasteiger partial charge in [0.15, 0.2) is 20.4 Å². The maximum Gasteiger partial charge on any atom is 0.351 e. The van der Waals surface area contributed by atoms with Gasteiger partial charge in [-0.3, -0.25) is 14.6 Å². The second kappa shape index (κ2) is 9.45. The first kappa shape index (κ1) is 25.2. The quantitative estimate of drug-likeness (QED) is 0.326. The van der Waals surface area contributed by atoms with Crippen LogP contribution in [0.4, 0.5) is 5.82 Å². The predicted octanol–water partition coefficient (Wildman–Crippen LogP) is 1.92. The van der Waals surface area contributed by atoms with Gasteiger partial charge >= 0.3 is 5.69 Å². The summed E-state index contributed by atoms with van der Waals surface area (Å²) in [4.78, 5) is 29.1. The topological polar surface area (TPSA) is 134 Å². The van der Waals surface area contributed by atoms with E-state index < -0.39 is 51.1 Å². The van der Waals surface area contributed by atoms with Crippen molar-refractivity contribution in [2.45, 2.75) is 63.4 Å². The third-order valence-electron chi connectivity index (χ3n) is 6.25. The monoisotopic (exact) mass is 477 g/mol.